The Labute approximate surface area is 125 Å². The van der Waals surface area contributed by atoms with Crippen molar-refractivity contribution in [1.29, 1.82) is 0 Å². The average Bonchev–Trinajstić information content (AvgIpc) is 2.72. The van der Waals surface area contributed by atoms with Gasteiger partial charge in [-0.3, -0.25) is 4.79 Å². The molecule has 2 heterocycles. The molecule has 0 spiro atoms. The zero-order valence-corrected chi connectivity index (χ0v) is 12.4. The molecular formula is C17H23NO3. The molecule has 0 radical (unpaired) electrons. The third-order valence-electron chi connectivity index (χ3n) is 5.01. The molecule has 2 aliphatic heterocycles. The van der Waals surface area contributed by atoms with Crippen LogP contribution in [0.4, 0.5) is 0 Å². The van der Waals surface area contributed by atoms with E-state index in [2.05, 4.69) is 11.9 Å². The standard InChI is InChI=1S/C17H23NO3/c1-18-13-7-8-14(18)10-15(9-13)21-17(20)16(11-19)12-5-3-2-4-6-12/h2-6,13-16,19H,7-11H2,1H3/t13-,14+,15?,16-/m1/s1/i11+2. The predicted octanol–water partition coefficient (Wildman–Crippen LogP) is 1.93. The number of carbonyl (C=O) groups is 1. The Balaban J connectivity index is 1.63. The Hall–Kier alpha value is -1.39. The van der Waals surface area contributed by atoms with Gasteiger partial charge in [0.1, 0.15) is 12.0 Å². The van der Waals surface area contributed by atoms with Crippen LogP contribution in [0.25, 0.3) is 0 Å². The Morgan fingerprint density at radius 2 is 1.90 bits per heavy atom. The maximum absolute atomic E-state index is 12.4. The molecule has 1 unspecified atom stereocenters. The molecule has 0 amide bonds. The highest BCUT2D eigenvalue weighted by Crippen LogP contribution is 2.36. The van der Waals surface area contributed by atoms with Gasteiger partial charge in [0, 0.05) is 12.1 Å². The lowest BCUT2D eigenvalue weighted by molar-refractivity contribution is -0.155. The number of nitrogens with zero attached hydrogens (tertiary/aromatic N) is 1. The number of fused-ring (bicyclic) bond motifs is 2. The van der Waals surface area contributed by atoms with Crippen molar-refractivity contribution in [2.24, 2.45) is 0 Å². The monoisotopic (exact) mass is 291 g/mol. The zero-order valence-electron chi connectivity index (χ0n) is 12.4. The van der Waals surface area contributed by atoms with Crippen LogP contribution in [0.1, 0.15) is 37.2 Å². The fourth-order valence-corrected chi connectivity index (χ4v) is 3.71. The summed E-state index contributed by atoms with van der Waals surface area (Å²) in [5, 5.41) is 9.53. The summed E-state index contributed by atoms with van der Waals surface area (Å²) in [4.78, 5) is 14.8. The minimum Gasteiger partial charge on any atom is -0.462 e. The second kappa shape index (κ2) is 6.16. The van der Waals surface area contributed by atoms with Crippen molar-refractivity contribution in [2.45, 2.75) is 49.8 Å². The number of piperidine rings is 1. The lowest BCUT2D eigenvalue weighted by Crippen LogP contribution is -2.43. The van der Waals surface area contributed by atoms with Gasteiger partial charge in [0.2, 0.25) is 0 Å². The maximum Gasteiger partial charge on any atom is 0.316 e. The van der Waals surface area contributed by atoms with Crippen LogP contribution in [0.3, 0.4) is 0 Å². The summed E-state index contributed by atoms with van der Waals surface area (Å²) in [6.07, 6.45) is 4.26. The van der Waals surface area contributed by atoms with E-state index in [1.807, 2.05) is 30.3 Å². The molecule has 0 aromatic heterocycles. The second-order valence-electron chi connectivity index (χ2n) is 6.23. The van der Waals surface area contributed by atoms with Crippen molar-refractivity contribution < 1.29 is 14.6 Å². The molecule has 0 aliphatic carbocycles. The van der Waals surface area contributed by atoms with Crippen molar-refractivity contribution in [2.75, 3.05) is 13.7 Å². The minimum absolute atomic E-state index is 0.00367. The molecular weight excluding hydrogens is 268 g/mol. The lowest BCUT2D eigenvalue weighted by Gasteiger charge is -2.36. The highest BCUT2D eigenvalue weighted by atomic mass is 16.6. The van der Waals surface area contributed by atoms with Gasteiger partial charge in [0.15, 0.2) is 0 Å². The van der Waals surface area contributed by atoms with E-state index in [0.717, 1.165) is 18.4 Å². The number of hydrogen-bond donors (Lipinski definition) is 1. The molecule has 3 rings (SSSR count). The number of carbonyl (C=O) groups excluding carboxylic acids is 1. The van der Waals surface area contributed by atoms with Gasteiger partial charge in [-0.25, -0.2) is 0 Å². The molecule has 21 heavy (non-hydrogen) atoms. The maximum atomic E-state index is 12.4. The van der Waals surface area contributed by atoms with Gasteiger partial charge in [-0.05, 0) is 38.3 Å². The fourth-order valence-electron chi connectivity index (χ4n) is 3.71. The number of aliphatic hydroxyl groups is 1. The third-order valence-corrected chi connectivity index (χ3v) is 5.01. The van der Waals surface area contributed by atoms with E-state index in [9.17, 15) is 9.90 Å². The largest absolute Gasteiger partial charge is 0.462 e. The van der Waals surface area contributed by atoms with Crippen LogP contribution in [0.2, 0.25) is 0 Å². The van der Waals surface area contributed by atoms with Crippen LogP contribution in [-0.2, 0) is 9.53 Å². The normalized spacial score (nSPS) is 30.1. The number of esters is 1. The number of ether oxygens (including phenoxy) is 1. The lowest BCUT2D eigenvalue weighted by atomic mass is 10.0. The first-order valence-corrected chi connectivity index (χ1v) is 7.77. The van der Waals surface area contributed by atoms with Crippen LogP contribution < -0.4 is 0 Å². The van der Waals surface area contributed by atoms with E-state index >= 15 is 0 Å². The first-order valence-electron chi connectivity index (χ1n) is 7.77. The van der Waals surface area contributed by atoms with Crippen molar-refractivity contribution in [3.05, 3.63) is 35.9 Å². The van der Waals surface area contributed by atoms with Crippen molar-refractivity contribution in [1.82, 2.24) is 4.90 Å². The third kappa shape index (κ3) is 2.97. The quantitative estimate of drug-likeness (QED) is 0.861. The molecule has 4 heteroatoms. The van der Waals surface area contributed by atoms with E-state index in [0.29, 0.717) is 12.1 Å². The van der Waals surface area contributed by atoms with Crippen LogP contribution in [0, 0.1) is 0 Å². The van der Waals surface area contributed by atoms with Crippen LogP contribution in [0.5, 0.6) is 0 Å². The van der Waals surface area contributed by atoms with Crippen molar-refractivity contribution in [3.63, 3.8) is 0 Å². The van der Waals surface area contributed by atoms with E-state index in [1.165, 1.54) is 12.8 Å². The van der Waals surface area contributed by atoms with E-state index < -0.39 is 5.92 Å². The molecule has 4 nitrogen and oxygen atoms in total. The summed E-state index contributed by atoms with van der Waals surface area (Å²) in [6.45, 7) is -0.206. The Morgan fingerprint density at radius 1 is 1.29 bits per heavy atom. The van der Waals surface area contributed by atoms with Crippen LogP contribution in [0.15, 0.2) is 30.3 Å². The van der Waals surface area contributed by atoms with Crippen molar-refractivity contribution in [3.8, 4) is 0 Å². The Kier molecular flexibility index (Phi) is 4.27. The molecule has 1 N–H and O–H groups in total. The summed E-state index contributed by atoms with van der Waals surface area (Å²) < 4.78 is 5.70. The van der Waals surface area contributed by atoms with Gasteiger partial charge in [0.05, 0.1) is 6.61 Å². The summed E-state index contributed by atoms with van der Waals surface area (Å²) in [7, 11) is 2.17. The SMILES string of the molecule is CN1[C@@H]2CC[C@H]1CC(OC(=O)[C@H]([14CH2]O)c1ccccc1)C2. The average molecular weight is 291 g/mol. The molecule has 114 valence electrons. The van der Waals surface area contributed by atoms with E-state index in [1.54, 1.807) is 0 Å². The minimum atomic E-state index is -0.566. The Bertz CT molecular complexity index is 476. The summed E-state index contributed by atoms with van der Waals surface area (Å²) in [5.41, 5.74) is 0.820. The molecule has 0 saturated carbocycles. The van der Waals surface area contributed by atoms with E-state index in [4.69, 9.17) is 4.74 Å². The van der Waals surface area contributed by atoms with Crippen LogP contribution in [-0.4, -0.2) is 47.8 Å². The summed E-state index contributed by atoms with van der Waals surface area (Å²) in [5.74, 6) is -0.860. The summed E-state index contributed by atoms with van der Waals surface area (Å²) >= 11 is 0. The first kappa shape index (κ1) is 14.5. The number of aliphatic hydroxyl groups excluding tert-OH is 1. The van der Waals surface area contributed by atoms with Gasteiger partial charge in [-0.1, -0.05) is 30.3 Å². The molecule has 2 aliphatic rings. The van der Waals surface area contributed by atoms with Gasteiger partial charge in [-0.2, -0.15) is 0 Å². The number of rotatable bonds is 4. The van der Waals surface area contributed by atoms with Crippen LogP contribution >= 0.6 is 0 Å². The highest BCUT2D eigenvalue weighted by Gasteiger charge is 2.40. The van der Waals surface area contributed by atoms with E-state index in [-0.39, 0.29) is 18.7 Å². The molecule has 2 bridgehead atoms. The van der Waals surface area contributed by atoms with Crippen molar-refractivity contribution >= 4 is 5.97 Å². The molecule has 1 aromatic rings. The predicted molar refractivity (Wildman–Crippen MR) is 80.0 cm³/mol. The smallest absolute Gasteiger partial charge is 0.316 e. The topological polar surface area (TPSA) is 49.8 Å². The van der Waals surface area contributed by atoms with Gasteiger partial charge < -0.3 is 14.7 Å². The Morgan fingerprint density at radius 3 is 2.48 bits per heavy atom. The molecule has 2 saturated heterocycles. The molecule has 2 fully saturated rings. The summed E-state index contributed by atoms with van der Waals surface area (Å²) in [6, 6.07) is 10.5. The zero-order chi connectivity index (χ0) is 14.8. The van der Waals surface area contributed by atoms with Gasteiger partial charge >= 0.3 is 5.97 Å². The van der Waals surface area contributed by atoms with Gasteiger partial charge in [-0.15, -0.1) is 0 Å². The number of hydrogen-bond acceptors (Lipinski definition) is 4. The van der Waals surface area contributed by atoms with Gasteiger partial charge in [0.25, 0.3) is 0 Å². The highest BCUT2D eigenvalue weighted by molar-refractivity contribution is 5.78. The molecule has 1 aromatic carbocycles. The fraction of sp³-hybridized carbons (Fsp3) is 0.588. The second-order valence-corrected chi connectivity index (χ2v) is 6.23. The number of benzene rings is 1. The first-order chi connectivity index (χ1) is 10.2. The molecule has 4 atom stereocenters.